The third-order valence-electron chi connectivity index (χ3n) is 3.78. The first-order valence-electron chi connectivity index (χ1n) is 6.83. The maximum absolute atomic E-state index is 13.4. The standard InChI is InChI=1S/C14H19FN2O3/c1-3-14-10(4-5-20-14)8-16-12-6-9(2)11(15)7-13(12)17(18)19/h6-7,10,14,16H,3-5,8H2,1-2H3. The van der Waals surface area contributed by atoms with Gasteiger partial charge in [0.1, 0.15) is 11.5 Å². The third kappa shape index (κ3) is 3.07. The molecule has 0 amide bonds. The Hall–Kier alpha value is -1.69. The van der Waals surface area contributed by atoms with Crippen LogP contribution in [0.15, 0.2) is 12.1 Å². The summed E-state index contributed by atoms with van der Waals surface area (Å²) in [5.74, 6) is -0.220. The second-order valence-electron chi connectivity index (χ2n) is 5.12. The summed E-state index contributed by atoms with van der Waals surface area (Å²) in [5.41, 5.74) is 0.545. The number of hydrogen-bond donors (Lipinski definition) is 1. The number of nitrogens with zero attached hydrogens (tertiary/aromatic N) is 1. The van der Waals surface area contributed by atoms with Crippen LogP contribution in [0.2, 0.25) is 0 Å². The van der Waals surface area contributed by atoms with E-state index in [2.05, 4.69) is 12.2 Å². The van der Waals surface area contributed by atoms with Crippen molar-refractivity contribution in [2.45, 2.75) is 32.8 Å². The molecule has 1 fully saturated rings. The van der Waals surface area contributed by atoms with Gasteiger partial charge in [0.15, 0.2) is 0 Å². The van der Waals surface area contributed by atoms with Gasteiger partial charge in [-0.05, 0) is 31.4 Å². The number of halogens is 1. The van der Waals surface area contributed by atoms with E-state index in [0.29, 0.717) is 23.7 Å². The average molecular weight is 282 g/mol. The number of aryl methyl sites for hydroxylation is 1. The molecule has 2 rings (SSSR count). The molecule has 0 aliphatic carbocycles. The topological polar surface area (TPSA) is 64.4 Å². The van der Waals surface area contributed by atoms with E-state index in [4.69, 9.17) is 4.74 Å². The second kappa shape index (κ2) is 6.17. The lowest BCUT2D eigenvalue weighted by Crippen LogP contribution is -2.23. The van der Waals surface area contributed by atoms with E-state index >= 15 is 0 Å². The van der Waals surface area contributed by atoms with Crippen LogP contribution in [0.25, 0.3) is 0 Å². The lowest BCUT2D eigenvalue weighted by atomic mass is 9.99. The highest BCUT2D eigenvalue weighted by Gasteiger charge is 2.27. The van der Waals surface area contributed by atoms with Crippen LogP contribution in [0.1, 0.15) is 25.3 Å². The summed E-state index contributed by atoms with van der Waals surface area (Å²) in [6, 6.07) is 2.46. The summed E-state index contributed by atoms with van der Waals surface area (Å²) in [4.78, 5) is 10.4. The maximum Gasteiger partial charge on any atom is 0.295 e. The number of nitro groups is 1. The lowest BCUT2D eigenvalue weighted by molar-refractivity contribution is -0.384. The smallest absolute Gasteiger partial charge is 0.295 e. The first-order chi connectivity index (χ1) is 9.52. The SMILES string of the molecule is CCC1OCCC1CNc1cc(C)c(F)cc1[N+](=O)[O-]. The van der Waals surface area contributed by atoms with Crippen molar-refractivity contribution in [1.29, 1.82) is 0 Å². The Bertz CT molecular complexity index is 507. The van der Waals surface area contributed by atoms with E-state index in [0.717, 1.165) is 25.5 Å². The van der Waals surface area contributed by atoms with Gasteiger partial charge in [-0.1, -0.05) is 6.92 Å². The molecule has 6 heteroatoms. The van der Waals surface area contributed by atoms with Crippen LogP contribution in [0.5, 0.6) is 0 Å². The largest absolute Gasteiger partial charge is 0.379 e. The van der Waals surface area contributed by atoms with Crippen molar-refractivity contribution >= 4 is 11.4 Å². The van der Waals surface area contributed by atoms with Crippen LogP contribution in [0.4, 0.5) is 15.8 Å². The molecule has 5 nitrogen and oxygen atoms in total. The van der Waals surface area contributed by atoms with Crippen LogP contribution in [-0.2, 0) is 4.74 Å². The molecule has 110 valence electrons. The van der Waals surface area contributed by atoms with Crippen molar-refractivity contribution in [1.82, 2.24) is 0 Å². The Labute approximate surface area is 117 Å². The molecule has 2 atom stereocenters. The molecule has 1 aromatic rings. The molecule has 20 heavy (non-hydrogen) atoms. The molecule has 1 aliphatic heterocycles. The normalized spacial score (nSPS) is 21.9. The summed E-state index contributed by atoms with van der Waals surface area (Å²) >= 11 is 0. The minimum atomic E-state index is -0.562. The van der Waals surface area contributed by atoms with Gasteiger partial charge >= 0.3 is 0 Å². The Morgan fingerprint density at radius 2 is 2.30 bits per heavy atom. The molecule has 1 aliphatic rings. The minimum absolute atomic E-state index is 0.197. The van der Waals surface area contributed by atoms with Crippen molar-refractivity contribution in [3.8, 4) is 0 Å². The molecule has 0 saturated carbocycles. The zero-order chi connectivity index (χ0) is 14.7. The van der Waals surface area contributed by atoms with E-state index in [9.17, 15) is 14.5 Å². The Morgan fingerprint density at radius 3 is 2.95 bits per heavy atom. The monoisotopic (exact) mass is 282 g/mol. The van der Waals surface area contributed by atoms with E-state index < -0.39 is 10.7 Å². The molecular formula is C14H19FN2O3. The highest BCUT2D eigenvalue weighted by molar-refractivity contribution is 5.63. The second-order valence-corrected chi connectivity index (χ2v) is 5.12. The lowest BCUT2D eigenvalue weighted by Gasteiger charge is -2.18. The fraction of sp³-hybridized carbons (Fsp3) is 0.571. The Kier molecular flexibility index (Phi) is 4.54. The first kappa shape index (κ1) is 14.7. The highest BCUT2D eigenvalue weighted by atomic mass is 19.1. The van der Waals surface area contributed by atoms with Gasteiger partial charge in [-0.2, -0.15) is 0 Å². The predicted octanol–water partition coefficient (Wildman–Crippen LogP) is 3.27. The number of nitro benzene ring substituents is 1. The van der Waals surface area contributed by atoms with Crippen LogP contribution in [0, 0.1) is 28.8 Å². The number of nitrogens with one attached hydrogen (secondary N) is 1. The van der Waals surface area contributed by atoms with Crippen molar-refractivity contribution in [3.63, 3.8) is 0 Å². The summed E-state index contributed by atoms with van der Waals surface area (Å²) in [6.07, 6.45) is 2.07. The molecule has 1 saturated heterocycles. The van der Waals surface area contributed by atoms with Crippen molar-refractivity contribution < 1.29 is 14.1 Å². The first-order valence-corrected chi connectivity index (χ1v) is 6.83. The van der Waals surface area contributed by atoms with Gasteiger partial charge in [0.25, 0.3) is 5.69 Å². The van der Waals surface area contributed by atoms with Crippen LogP contribution in [0.3, 0.4) is 0 Å². The molecule has 1 aromatic carbocycles. The van der Waals surface area contributed by atoms with Crippen LogP contribution in [-0.4, -0.2) is 24.2 Å². The quantitative estimate of drug-likeness (QED) is 0.665. The predicted molar refractivity (Wildman–Crippen MR) is 74.4 cm³/mol. The minimum Gasteiger partial charge on any atom is -0.379 e. The summed E-state index contributed by atoms with van der Waals surface area (Å²) < 4.78 is 19.0. The van der Waals surface area contributed by atoms with Gasteiger partial charge in [-0.3, -0.25) is 10.1 Å². The molecule has 1 heterocycles. The Balaban J connectivity index is 2.12. The molecule has 0 radical (unpaired) electrons. The fourth-order valence-electron chi connectivity index (χ4n) is 2.58. The molecule has 0 bridgehead atoms. The van der Waals surface area contributed by atoms with Gasteiger partial charge in [0, 0.05) is 19.1 Å². The molecule has 1 N–H and O–H groups in total. The molecule has 0 spiro atoms. The zero-order valence-electron chi connectivity index (χ0n) is 11.7. The van der Waals surface area contributed by atoms with Crippen molar-refractivity contribution in [3.05, 3.63) is 33.6 Å². The van der Waals surface area contributed by atoms with Gasteiger partial charge in [-0.15, -0.1) is 0 Å². The van der Waals surface area contributed by atoms with E-state index in [1.54, 1.807) is 6.92 Å². The van der Waals surface area contributed by atoms with E-state index in [-0.39, 0.29) is 11.8 Å². The highest BCUT2D eigenvalue weighted by Crippen LogP contribution is 2.29. The number of benzene rings is 1. The summed E-state index contributed by atoms with van der Waals surface area (Å²) in [6.45, 7) is 4.99. The third-order valence-corrected chi connectivity index (χ3v) is 3.78. The number of hydrogen-bond acceptors (Lipinski definition) is 4. The molecule has 2 unspecified atom stereocenters. The fourth-order valence-corrected chi connectivity index (χ4v) is 2.58. The number of rotatable bonds is 5. The number of anilines is 1. The zero-order valence-corrected chi connectivity index (χ0v) is 11.7. The van der Waals surface area contributed by atoms with Gasteiger partial charge in [0.2, 0.25) is 0 Å². The van der Waals surface area contributed by atoms with E-state index in [1.807, 2.05) is 0 Å². The van der Waals surface area contributed by atoms with Crippen molar-refractivity contribution in [2.24, 2.45) is 5.92 Å². The van der Waals surface area contributed by atoms with Crippen molar-refractivity contribution in [2.75, 3.05) is 18.5 Å². The number of ether oxygens (including phenoxy) is 1. The average Bonchev–Trinajstić information content (AvgIpc) is 2.86. The maximum atomic E-state index is 13.4. The van der Waals surface area contributed by atoms with Gasteiger partial charge in [0.05, 0.1) is 17.1 Å². The summed E-state index contributed by atoms with van der Waals surface area (Å²) in [5, 5.41) is 14.1. The van der Waals surface area contributed by atoms with E-state index in [1.165, 1.54) is 6.07 Å². The van der Waals surface area contributed by atoms with Gasteiger partial charge in [-0.25, -0.2) is 4.39 Å². The van der Waals surface area contributed by atoms with Crippen LogP contribution >= 0.6 is 0 Å². The van der Waals surface area contributed by atoms with Gasteiger partial charge < -0.3 is 10.1 Å². The Morgan fingerprint density at radius 1 is 1.55 bits per heavy atom. The molecular weight excluding hydrogens is 263 g/mol. The van der Waals surface area contributed by atoms with Crippen LogP contribution < -0.4 is 5.32 Å². The molecule has 0 aromatic heterocycles. The summed E-state index contributed by atoms with van der Waals surface area (Å²) in [7, 11) is 0.